The van der Waals surface area contributed by atoms with Crippen molar-refractivity contribution in [3.05, 3.63) is 83.9 Å². The van der Waals surface area contributed by atoms with Crippen molar-refractivity contribution in [2.24, 2.45) is 0 Å². The van der Waals surface area contributed by atoms with Gasteiger partial charge in [0.25, 0.3) is 0 Å². The van der Waals surface area contributed by atoms with E-state index in [-0.39, 0.29) is 0 Å². The molecule has 0 heterocycles. The molecule has 1 aliphatic rings. The molecular formula is C23H18N2. The number of anilines is 2. The van der Waals surface area contributed by atoms with Crippen LogP contribution in [0.15, 0.2) is 72.8 Å². The van der Waals surface area contributed by atoms with Gasteiger partial charge in [0.2, 0.25) is 0 Å². The van der Waals surface area contributed by atoms with Crippen LogP contribution in [0.2, 0.25) is 0 Å². The number of hydrogen-bond acceptors (Lipinski definition) is 2. The van der Waals surface area contributed by atoms with Crippen molar-refractivity contribution >= 4 is 22.1 Å². The first-order valence-electron chi connectivity index (χ1n) is 8.50. The standard InChI is InChI=1S/C23H18N2/c24-17-9-10-19-15(12-17)11-16-13-21(25)20-8-4-7-18(23(20)22(16)19)14-5-2-1-3-6-14/h1-10,12-13H,11,24-25H2. The second-order valence-corrected chi connectivity index (χ2v) is 6.69. The number of rotatable bonds is 1. The predicted octanol–water partition coefficient (Wildman–Crippen LogP) is 5.24. The zero-order valence-electron chi connectivity index (χ0n) is 13.8. The van der Waals surface area contributed by atoms with Gasteiger partial charge in [-0.3, -0.25) is 0 Å². The zero-order chi connectivity index (χ0) is 17.0. The highest BCUT2D eigenvalue weighted by Crippen LogP contribution is 2.46. The summed E-state index contributed by atoms with van der Waals surface area (Å²) in [6, 6.07) is 25.3. The van der Waals surface area contributed by atoms with Crippen LogP contribution in [0.1, 0.15) is 11.1 Å². The first-order valence-corrected chi connectivity index (χ1v) is 8.50. The summed E-state index contributed by atoms with van der Waals surface area (Å²) in [4.78, 5) is 0. The van der Waals surface area contributed by atoms with Gasteiger partial charge in [0.05, 0.1) is 0 Å². The van der Waals surface area contributed by atoms with Crippen molar-refractivity contribution in [2.75, 3.05) is 11.5 Å². The van der Waals surface area contributed by atoms with Gasteiger partial charge in [0.1, 0.15) is 0 Å². The molecule has 120 valence electrons. The average molecular weight is 322 g/mol. The lowest BCUT2D eigenvalue weighted by molar-refractivity contribution is 1.27. The van der Waals surface area contributed by atoms with Crippen LogP contribution >= 0.6 is 0 Å². The van der Waals surface area contributed by atoms with Crippen LogP contribution < -0.4 is 11.5 Å². The minimum Gasteiger partial charge on any atom is -0.399 e. The first kappa shape index (κ1) is 14.1. The van der Waals surface area contributed by atoms with Gasteiger partial charge in [-0.1, -0.05) is 54.6 Å². The minimum atomic E-state index is 0.812. The highest BCUT2D eigenvalue weighted by atomic mass is 14.6. The Morgan fingerprint density at radius 2 is 1.52 bits per heavy atom. The summed E-state index contributed by atoms with van der Waals surface area (Å²) in [6.07, 6.45) is 0.888. The predicted molar refractivity (Wildman–Crippen MR) is 106 cm³/mol. The number of hydrogen-bond donors (Lipinski definition) is 2. The lowest BCUT2D eigenvalue weighted by Gasteiger charge is -2.14. The fraction of sp³-hybridized carbons (Fsp3) is 0.0435. The van der Waals surface area contributed by atoms with E-state index in [1.165, 1.54) is 38.8 Å². The van der Waals surface area contributed by atoms with Crippen molar-refractivity contribution in [3.8, 4) is 22.3 Å². The highest BCUT2D eigenvalue weighted by Gasteiger charge is 2.23. The molecule has 0 bridgehead atoms. The van der Waals surface area contributed by atoms with E-state index in [9.17, 15) is 0 Å². The highest BCUT2D eigenvalue weighted by molar-refractivity contribution is 6.13. The zero-order valence-corrected chi connectivity index (χ0v) is 13.8. The van der Waals surface area contributed by atoms with E-state index >= 15 is 0 Å². The van der Waals surface area contributed by atoms with Crippen molar-refractivity contribution in [1.29, 1.82) is 0 Å². The van der Waals surface area contributed by atoms with Gasteiger partial charge in [-0.25, -0.2) is 0 Å². The van der Waals surface area contributed by atoms with Gasteiger partial charge in [-0.2, -0.15) is 0 Å². The van der Waals surface area contributed by atoms with Gasteiger partial charge < -0.3 is 11.5 Å². The van der Waals surface area contributed by atoms with Gasteiger partial charge in [0.15, 0.2) is 0 Å². The SMILES string of the molecule is Nc1ccc2c(c1)Cc1cc(N)c3cccc(-c4ccccc4)c3c1-2. The maximum atomic E-state index is 6.42. The van der Waals surface area contributed by atoms with E-state index in [0.717, 1.165) is 23.2 Å². The van der Waals surface area contributed by atoms with E-state index in [1.54, 1.807) is 0 Å². The van der Waals surface area contributed by atoms with Gasteiger partial charge in [-0.15, -0.1) is 0 Å². The Hall–Kier alpha value is -3.26. The van der Waals surface area contributed by atoms with Crippen LogP contribution in [-0.4, -0.2) is 0 Å². The monoisotopic (exact) mass is 322 g/mol. The third-order valence-electron chi connectivity index (χ3n) is 5.14. The number of nitrogens with two attached hydrogens (primary N) is 2. The molecule has 0 aromatic heterocycles. The summed E-state index contributed by atoms with van der Waals surface area (Å²) in [5.74, 6) is 0. The lowest BCUT2D eigenvalue weighted by atomic mass is 9.90. The molecule has 0 saturated heterocycles. The molecule has 4 N–H and O–H groups in total. The van der Waals surface area contributed by atoms with Crippen LogP contribution in [0.4, 0.5) is 11.4 Å². The Bertz CT molecular complexity index is 1130. The van der Waals surface area contributed by atoms with E-state index in [1.807, 2.05) is 12.1 Å². The molecule has 1 aliphatic carbocycles. The molecule has 0 saturated carbocycles. The second-order valence-electron chi connectivity index (χ2n) is 6.69. The Kier molecular flexibility index (Phi) is 2.89. The summed E-state index contributed by atoms with van der Waals surface area (Å²) in [5.41, 5.74) is 21.7. The van der Waals surface area contributed by atoms with E-state index < -0.39 is 0 Å². The maximum absolute atomic E-state index is 6.42. The van der Waals surface area contributed by atoms with Crippen molar-refractivity contribution in [3.63, 3.8) is 0 Å². The van der Waals surface area contributed by atoms with E-state index in [0.29, 0.717) is 0 Å². The van der Waals surface area contributed by atoms with Crippen LogP contribution in [-0.2, 0) is 6.42 Å². The van der Waals surface area contributed by atoms with E-state index in [2.05, 4.69) is 60.7 Å². The Balaban J connectivity index is 1.93. The molecule has 5 rings (SSSR count). The van der Waals surface area contributed by atoms with Crippen molar-refractivity contribution < 1.29 is 0 Å². The van der Waals surface area contributed by atoms with Crippen LogP contribution in [0.3, 0.4) is 0 Å². The lowest BCUT2D eigenvalue weighted by Crippen LogP contribution is -1.93. The molecule has 4 aromatic carbocycles. The topological polar surface area (TPSA) is 52.0 Å². The summed E-state index contributed by atoms with van der Waals surface area (Å²) in [6.45, 7) is 0. The third-order valence-corrected chi connectivity index (χ3v) is 5.14. The summed E-state index contributed by atoms with van der Waals surface area (Å²) in [5, 5.41) is 2.36. The number of fused-ring (bicyclic) bond motifs is 5. The quantitative estimate of drug-likeness (QED) is 0.415. The molecule has 2 heteroatoms. The Morgan fingerprint density at radius 3 is 2.36 bits per heavy atom. The van der Waals surface area contributed by atoms with Crippen LogP contribution in [0, 0.1) is 0 Å². The molecule has 0 spiro atoms. The minimum absolute atomic E-state index is 0.812. The number of benzene rings is 4. The molecule has 25 heavy (non-hydrogen) atoms. The largest absolute Gasteiger partial charge is 0.399 e. The molecule has 0 amide bonds. The van der Waals surface area contributed by atoms with Crippen molar-refractivity contribution in [1.82, 2.24) is 0 Å². The van der Waals surface area contributed by atoms with Crippen LogP contribution in [0.25, 0.3) is 33.0 Å². The number of nitrogen functional groups attached to an aromatic ring is 2. The molecule has 0 unspecified atom stereocenters. The molecule has 4 aromatic rings. The smallest absolute Gasteiger partial charge is 0.0397 e. The fourth-order valence-electron chi connectivity index (χ4n) is 4.07. The molecule has 0 fully saturated rings. The maximum Gasteiger partial charge on any atom is 0.0397 e. The molecule has 2 nitrogen and oxygen atoms in total. The first-order chi connectivity index (χ1) is 12.2. The summed E-state index contributed by atoms with van der Waals surface area (Å²) < 4.78 is 0. The molecule has 0 atom stereocenters. The van der Waals surface area contributed by atoms with Gasteiger partial charge >= 0.3 is 0 Å². The Morgan fingerprint density at radius 1 is 0.680 bits per heavy atom. The Labute approximate surface area is 146 Å². The summed E-state index contributed by atoms with van der Waals surface area (Å²) >= 11 is 0. The van der Waals surface area contributed by atoms with Crippen molar-refractivity contribution in [2.45, 2.75) is 6.42 Å². The fourth-order valence-corrected chi connectivity index (χ4v) is 4.07. The molecule has 0 radical (unpaired) electrons. The average Bonchev–Trinajstić information content (AvgIpc) is 2.99. The normalized spacial score (nSPS) is 12.2. The molecule has 0 aliphatic heterocycles. The second kappa shape index (κ2) is 5.12. The van der Waals surface area contributed by atoms with Gasteiger partial charge in [0, 0.05) is 16.8 Å². The third kappa shape index (κ3) is 2.04. The van der Waals surface area contributed by atoms with Gasteiger partial charge in [-0.05, 0) is 63.4 Å². The summed E-state index contributed by atoms with van der Waals surface area (Å²) in [7, 11) is 0. The van der Waals surface area contributed by atoms with Crippen LogP contribution in [0.5, 0.6) is 0 Å². The van der Waals surface area contributed by atoms with E-state index in [4.69, 9.17) is 11.5 Å². The molecular weight excluding hydrogens is 304 g/mol.